The SMILES string of the molecule is Cn1nc(C(F)(F)F)c(Cl)c1C(=O)Nc1ccccc1O. The standard InChI is InChI=1S/C12H9ClF3N3O2/c1-19-9(8(13)10(18-19)12(14,15)16)11(21)17-6-4-2-3-5-7(6)20/h2-5,20H,1H3,(H,17,21). The first kappa shape index (κ1) is 15.2. The lowest BCUT2D eigenvalue weighted by atomic mass is 10.2. The highest BCUT2D eigenvalue weighted by Gasteiger charge is 2.39. The number of rotatable bonds is 2. The Bertz CT molecular complexity index is 698. The highest BCUT2D eigenvalue weighted by molar-refractivity contribution is 6.34. The molecular formula is C12H9ClF3N3O2. The molecule has 112 valence electrons. The van der Waals surface area contributed by atoms with E-state index < -0.39 is 28.5 Å². The number of hydrogen-bond acceptors (Lipinski definition) is 3. The third kappa shape index (κ3) is 2.94. The summed E-state index contributed by atoms with van der Waals surface area (Å²) in [5, 5.41) is 14.2. The van der Waals surface area contributed by atoms with E-state index in [-0.39, 0.29) is 11.4 Å². The highest BCUT2D eigenvalue weighted by atomic mass is 35.5. The van der Waals surface area contributed by atoms with Crippen LogP contribution in [0.4, 0.5) is 18.9 Å². The molecule has 0 aliphatic rings. The van der Waals surface area contributed by atoms with Crippen molar-refractivity contribution in [3.63, 3.8) is 0 Å². The van der Waals surface area contributed by atoms with Gasteiger partial charge in [0.1, 0.15) is 16.5 Å². The van der Waals surface area contributed by atoms with Gasteiger partial charge in [0, 0.05) is 7.05 Å². The number of aromatic hydroxyl groups is 1. The zero-order chi connectivity index (χ0) is 15.8. The van der Waals surface area contributed by atoms with Gasteiger partial charge in [0.15, 0.2) is 5.69 Å². The van der Waals surface area contributed by atoms with Crippen LogP contribution in [0.15, 0.2) is 24.3 Å². The number of phenols is 1. The topological polar surface area (TPSA) is 67.2 Å². The maximum absolute atomic E-state index is 12.7. The van der Waals surface area contributed by atoms with E-state index in [9.17, 15) is 23.1 Å². The average molecular weight is 320 g/mol. The lowest BCUT2D eigenvalue weighted by Gasteiger charge is -2.07. The zero-order valence-electron chi connectivity index (χ0n) is 10.6. The molecule has 21 heavy (non-hydrogen) atoms. The molecule has 0 fully saturated rings. The molecule has 0 aliphatic carbocycles. The molecule has 5 nitrogen and oxygen atoms in total. The summed E-state index contributed by atoms with van der Waals surface area (Å²) in [6, 6.07) is 5.79. The van der Waals surface area contributed by atoms with E-state index in [0.29, 0.717) is 0 Å². The van der Waals surface area contributed by atoms with Crippen LogP contribution < -0.4 is 5.32 Å². The number of halogens is 4. The smallest absolute Gasteiger partial charge is 0.436 e. The van der Waals surface area contributed by atoms with Crippen molar-refractivity contribution in [3.05, 3.63) is 40.7 Å². The Morgan fingerprint density at radius 1 is 1.38 bits per heavy atom. The zero-order valence-corrected chi connectivity index (χ0v) is 11.3. The van der Waals surface area contributed by atoms with Gasteiger partial charge >= 0.3 is 6.18 Å². The van der Waals surface area contributed by atoms with Gasteiger partial charge in [0.25, 0.3) is 5.91 Å². The Labute approximate surface area is 121 Å². The van der Waals surface area contributed by atoms with E-state index in [1.54, 1.807) is 6.07 Å². The van der Waals surface area contributed by atoms with Crippen LogP contribution in [0.2, 0.25) is 5.02 Å². The van der Waals surface area contributed by atoms with Crippen molar-refractivity contribution in [2.45, 2.75) is 6.18 Å². The van der Waals surface area contributed by atoms with Crippen molar-refractivity contribution in [1.82, 2.24) is 9.78 Å². The third-order valence-electron chi connectivity index (χ3n) is 2.63. The summed E-state index contributed by atoms with van der Waals surface area (Å²) >= 11 is 5.59. The number of carbonyl (C=O) groups excluding carboxylic acids is 1. The number of benzene rings is 1. The van der Waals surface area contributed by atoms with Gasteiger partial charge in [0.2, 0.25) is 0 Å². The summed E-state index contributed by atoms with van der Waals surface area (Å²) in [5.74, 6) is -1.13. The number of nitrogens with one attached hydrogen (secondary N) is 1. The van der Waals surface area contributed by atoms with Gasteiger partial charge < -0.3 is 10.4 Å². The van der Waals surface area contributed by atoms with Crippen molar-refractivity contribution in [3.8, 4) is 5.75 Å². The third-order valence-corrected chi connectivity index (χ3v) is 2.98. The van der Waals surface area contributed by atoms with Crippen molar-refractivity contribution < 1.29 is 23.1 Å². The second-order valence-corrected chi connectivity index (χ2v) is 4.48. The Morgan fingerprint density at radius 3 is 2.52 bits per heavy atom. The van der Waals surface area contributed by atoms with Gasteiger partial charge in [-0.2, -0.15) is 18.3 Å². The molecule has 0 radical (unpaired) electrons. The maximum Gasteiger partial charge on any atom is 0.436 e. The van der Waals surface area contributed by atoms with Gasteiger partial charge in [-0.3, -0.25) is 9.48 Å². The fourth-order valence-electron chi connectivity index (χ4n) is 1.69. The summed E-state index contributed by atoms with van der Waals surface area (Å²) in [7, 11) is 1.17. The number of phenolic OH excluding ortho intramolecular Hbond substituents is 1. The molecule has 2 N–H and O–H groups in total. The molecule has 0 aliphatic heterocycles. The predicted molar refractivity (Wildman–Crippen MR) is 69.3 cm³/mol. The minimum atomic E-state index is -4.76. The van der Waals surface area contributed by atoms with Gasteiger partial charge in [-0.15, -0.1) is 0 Å². The van der Waals surface area contributed by atoms with E-state index in [0.717, 1.165) is 4.68 Å². The summed E-state index contributed by atoms with van der Waals surface area (Å²) in [6.45, 7) is 0. The van der Waals surface area contributed by atoms with Gasteiger partial charge in [-0.1, -0.05) is 23.7 Å². The molecule has 1 aromatic carbocycles. The van der Waals surface area contributed by atoms with Gasteiger partial charge in [-0.25, -0.2) is 0 Å². The molecule has 1 heterocycles. The molecule has 1 aromatic heterocycles. The monoisotopic (exact) mass is 319 g/mol. The van der Waals surface area contributed by atoms with E-state index in [2.05, 4.69) is 10.4 Å². The Kier molecular flexibility index (Phi) is 3.82. The largest absolute Gasteiger partial charge is 0.506 e. The summed E-state index contributed by atoms with van der Waals surface area (Å²) < 4.78 is 38.7. The van der Waals surface area contributed by atoms with E-state index in [4.69, 9.17) is 11.6 Å². The highest BCUT2D eigenvalue weighted by Crippen LogP contribution is 2.35. The lowest BCUT2D eigenvalue weighted by molar-refractivity contribution is -0.141. The van der Waals surface area contributed by atoms with E-state index >= 15 is 0 Å². The second kappa shape index (κ2) is 5.28. The number of anilines is 1. The molecule has 0 saturated heterocycles. The fraction of sp³-hybridized carbons (Fsp3) is 0.167. The van der Waals surface area contributed by atoms with Crippen molar-refractivity contribution in [2.24, 2.45) is 7.05 Å². The molecule has 0 bridgehead atoms. The van der Waals surface area contributed by atoms with Crippen LogP contribution in [0.5, 0.6) is 5.75 Å². The molecule has 2 rings (SSSR count). The molecule has 2 aromatic rings. The fourth-order valence-corrected chi connectivity index (χ4v) is 2.04. The second-order valence-electron chi connectivity index (χ2n) is 4.10. The van der Waals surface area contributed by atoms with Gasteiger partial charge in [-0.05, 0) is 12.1 Å². The predicted octanol–water partition coefficient (Wildman–Crippen LogP) is 3.05. The molecule has 1 amide bonds. The van der Waals surface area contributed by atoms with Crippen LogP contribution in [0.25, 0.3) is 0 Å². The quantitative estimate of drug-likeness (QED) is 0.836. The number of hydrogen-bond donors (Lipinski definition) is 2. The first-order valence-corrected chi connectivity index (χ1v) is 5.98. The lowest BCUT2D eigenvalue weighted by Crippen LogP contribution is -2.16. The molecule has 9 heteroatoms. The normalized spacial score (nSPS) is 11.5. The van der Waals surface area contributed by atoms with Crippen LogP contribution in [0.1, 0.15) is 16.2 Å². The molecular weight excluding hydrogens is 311 g/mol. The average Bonchev–Trinajstić information content (AvgIpc) is 2.67. The minimum absolute atomic E-state index is 0.0494. The van der Waals surface area contributed by atoms with Crippen molar-refractivity contribution >= 4 is 23.2 Å². The van der Waals surface area contributed by atoms with Crippen LogP contribution in [0, 0.1) is 0 Å². The molecule has 0 atom stereocenters. The Morgan fingerprint density at radius 2 is 2.00 bits per heavy atom. The number of nitrogens with zero attached hydrogens (tertiary/aromatic N) is 2. The van der Waals surface area contributed by atoms with Gasteiger partial charge in [0.05, 0.1) is 5.69 Å². The number of amides is 1. The first-order chi connectivity index (χ1) is 9.71. The maximum atomic E-state index is 12.7. The first-order valence-electron chi connectivity index (χ1n) is 5.61. The Hall–Kier alpha value is -2.22. The number of aromatic nitrogens is 2. The number of carbonyl (C=O) groups is 1. The van der Waals surface area contributed by atoms with E-state index in [1.807, 2.05) is 0 Å². The van der Waals surface area contributed by atoms with Crippen LogP contribution >= 0.6 is 11.6 Å². The Balaban J connectivity index is 2.37. The van der Waals surface area contributed by atoms with E-state index in [1.165, 1.54) is 25.2 Å². The molecule has 0 unspecified atom stereocenters. The number of aryl methyl sites for hydroxylation is 1. The molecule has 0 saturated carbocycles. The van der Waals surface area contributed by atoms with Crippen LogP contribution in [0.3, 0.4) is 0 Å². The number of para-hydroxylation sites is 2. The summed E-state index contributed by atoms with van der Waals surface area (Å²) in [6.07, 6.45) is -4.76. The van der Waals surface area contributed by atoms with Crippen LogP contribution in [-0.2, 0) is 13.2 Å². The van der Waals surface area contributed by atoms with Crippen LogP contribution in [-0.4, -0.2) is 20.8 Å². The van der Waals surface area contributed by atoms with Crippen molar-refractivity contribution in [1.29, 1.82) is 0 Å². The van der Waals surface area contributed by atoms with Crippen molar-refractivity contribution in [2.75, 3.05) is 5.32 Å². The number of alkyl halides is 3. The summed E-state index contributed by atoms with van der Waals surface area (Å²) in [4.78, 5) is 12.0. The summed E-state index contributed by atoms with van der Waals surface area (Å²) in [5.41, 5.74) is -1.74. The molecule has 0 spiro atoms. The minimum Gasteiger partial charge on any atom is -0.506 e.